The molecule has 160 valence electrons. The fourth-order valence-electron chi connectivity index (χ4n) is 5.26. The Balaban J connectivity index is 1.52. The number of benzene rings is 1. The molecule has 1 aromatic carbocycles. The van der Waals surface area contributed by atoms with Gasteiger partial charge in [0.1, 0.15) is 17.2 Å². The molecule has 0 radical (unpaired) electrons. The molecule has 1 heterocycles. The van der Waals surface area contributed by atoms with Gasteiger partial charge < -0.3 is 16.8 Å². The zero-order valence-electron chi connectivity index (χ0n) is 16.7. The van der Waals surface area contributed by atoms with Crippen molar-refractivity contribution in [2.75, 3.05) is 11.1 Å². The number of nitrogens with zero attached hydrogens (tertiary/aromatic N) is 2. The summed E-state index contributed by atoms with van der Waals surface area (Å²) in [6.45, 7) is 0. The minimum Gasteiger partial charge on any atom is -0.383 e. The molecule has 2 aliphatic rings. The molecule has 0 bridgehead atoms. The van der Waals surface area contributed by atoms with Gasteiger partial charge in [0.05, 0.1) is 10.7 Å². The smallest absolute Gasteiger partial charge is 0.261 e. The fraction of sp³-hybridized carbons (Fsp3) is 0.476. The highest BCUT2D eigenvalue weighted by Crippen LogP contribution is 2.53. The van der Waals surface area contributed by atoms with Crippen molar-refractivity contribution in [2.24, 2.45) is 30.5 Å². The van der Waals surface area contributed by atoms with Crippen LogP contribution in [0, 0.1) is 23.6 Å². The highest BCUT2D eigenvalue weighted by molar-refractivity contribution is 6.31. The third-order valence-electron chi connectivity index (χ3n) is 6.51. The molecule has 0 saturated heterocycles. The molecule has 2 fully saturated rings. The van der Waals surface area contributed by atoms with Crippen molar-refractivity contribution in [1.29, 1.82) is 0 Å². The van der Waals surface area contributed by atoms with Crippen LogP contribution in [0.1, 0.15) is 54.1 Å². The van der Waals surface area contributed by atoms with Crippen LogP contribution in [0.25, 0.3) is 0 Å². The summed E-state index contributed by atoms with van der Waals surface area (Å²) in [6.07, 6.45) is 4.25. The first-order valence-electron chi connectivity index (χ1n) is 10.1. The van der Waals surface area contributed by atoms with E-state index in [1.165, 1.54) is 22.9 Å². The highest BCUT2D eigenvalue weighted by Gasteiger charge is 2.44. The molecule has 2 unspecified atom stereocenters. The van der Waals surface area contributed by atoms with Gasteiger partial charge in [-0.25, -0.2) is 4.39 Å². The zero-order chi connectivity index (χ0) is 21.6. The maximum atomic E-state index is 13.4. The summed E-state index contributed by atoms with van der Waals surface area (Å²) < 4.78 is 14.9. The summed E-state index contributed by atoms with van der Waals surface area (Å²) in [5.41, 5.74) is 13.0. The molecule has 1 aromatic heterocycles. The van der Waals surface area contributed by atoms with E-state index in [1.54, 1.807) is 7.05 Å². The summed E-state index contributed by atoms with van der Waals surface area (Å²) in [5.74, 6) is 0.621. The number of nitrogen functional groups attached to an aromatic ring is 1. The zero-order valence-corrected chi connectivity index (χ0v) is 17.5. The maximum Gasteiger partial charge on any atom is 0.261 e. The number of anilines is 2. The minimum absolute atomic E-state index is 0.0682. The van der Waals surface area contributed by atoms with Crippen LogP contribution in [0.3, 0.4) is 0 Å². The van der Waals surface area contributed by atoms with Gasteiger partial charge in [-0.3, -0.25) is 14.3 Å². The number of hydrogen-bond donors (Lipinski definition) is 3. The van der Waals surface area contributed by atoms with E-state index in [1.807, 2.05) is 0 Å². The molecule has 2 aromatic rings. The van der Waals surface area contributed by atoms with E-state index in [0.29, 0.717) is 46.9 Å². The molecule has 7 nitrogen and oxygen atoms in total. The lowest BCUT2D eigenvalue weighted by molar-refractivity contribution is -0.118. The van der Waals surface area contributed by atoms with Gasteiger partial charge in [0.25, 0.3) is 5.91 Å². The maximum absolute atomic E-state index is 13.4. The Morgan fingerprint density at radius 2 is 1.93 bits per heavy atom. The molecule has 2 atom stereocenters. The van der Waals surface area contributed by atoms with Gasteiger partial charge in [0, 0.05) is 25.1 Å². The third-order valence-corrected chi connectivity index (χ3v) is 6.80. The molecule has 5 N–H and O–H groups in total. The van der Waals surface area contributed by atoms with Gasteiger partial charge in [0.15, 0.2) is 0 Å². The van der Waals surface area contributed by atoms with Crippen molar-refractivity contribution in [3.05, 3.63) is 40.3 Å². The Kier molecular flexibility index (Phi) is 5.44. The number of nitrogens with two attached hydrogens (primary N) is 2. The molecular weight excluding hydrogens is 409 g/mol. The average Bonchev–Trinajstić information content (AvgIpc) is 3.29. The number of aryl methyl sites for hydroxylation is 1. The van der Waals surface area contributed by atoms with E-state index in [-0.39, 0.29) is 22.8 Å². The first kappa shape index (κ1) is 20.7. The largest absolute Gasteiger partial charge is 0.383 e. The standard InChI is InChI=1S/C21H25ClFN5O2/c1-28-20(25)18(21(30)26-14-2-3-16(23)15(22)9-14)19(27-28)13-7-11-4-10(6-17(24)29)5-12(11)8-13/h2-3,9-13H,4-8,25H2,1H3,(H2,24,29)(H,26,30). The second-order valence-electron chi connectivity index (χ2n) is 8.55. The second-order valence-corrected chi connectivity index (χ2v) is 8.96. The van der Waals surface area contributed by atoms with Crippen LogP contribution < -0.4 is 16.8 Å². The topological polar surface area (TPSA) is 116 Å². The monoisotopic (exact) mass is 433 g/mol. The number of primary amides is 1. The lowest BCUT2D eigenvalue weighted by Crippen LogP contribution is -2.17. The van der Waals surface area contributed by atoms with Crippen molar-refractivity contribution in [2.45, 2.75) is 38.0 Å². The van der Waals surface area contributed by atoms with Gasteiger partial charge in [-0.2, -0.15) is 5.10 Å². The van der Waals surface area contributed by atoms with Gasteiger partial charge in [0.2, 0.25) is 5.91 Å². The third kappa shape index (κ3) is 3.88. The summed E-state index contributed by atoms with van der Waals surface area (Å²) >= 11 is 5.81. The number of amides is 2. The Bertz CT molecular complexity index is 994. The number of rotatable bonds is 5. The number of halogens is 2. The van der Waals surface area contributed by atoms with Crippen LogP contribution >= 0.6 is 11.6 Å². The van der Waals surface area contributed by atoms with Gasteiger partial charge in [-0.05, 0) is 61.6 Å². The van der Waals surface area contributed by atoms with Crippen LogP contribution in [-0.4, -0.2) is 21.6 Å². The number of carbonyl (C=O) groups is 2. The van der Waals surface area contributed by atoms with Crippen LogP contribution in [0.15, 0.2) is 18.2 Å². The molecule has 9 heteroatoms. The fourth-order valence-corrected chi connectivity index (χ4v) is 5.44. The Hall–Kier alpha value is -2.61. The molecule has 30 heavy (non-hydrogen) atoms. The predicted molar refractivity (Wildman–Crippen MR) is 112 cm³/mol. The normalized spacial score (nSPS) is 25.3. The lowest BCUT2D eigenvalue weighted by Gasteiger charge is -2.14. The van der Waals surface area contributed by atoms with E-state index in [4.69, 9.17) is 23.1 Å². The highest BCUT2D eigenvalue weighted by atomic mass is 35.5. The van der Waals surface area contributed by atoms with Crippen molar-refractivity contribution in [3.63, 3.8) is 0 Å². The van der Waals surface area contributed by atoms with Crippen molar-refractivity contribution >= 4 is 34.9 Å². The van der Waals surface area contributed by atoms with Crippen LogP contribution in [0.2, 0.25) is 5.02 Å². The molecule has 0 spiro atoms. The number of hydrogen-bond acceptors (Lipinski definition) is 4. The van der Waals surface area contributed by atoms with E-state index < -0.39 is 5.82 Å². The quantitative estimate of drug-likeness (QED) is 0.669. The Morgan fingerprint density at radius 3 is 2.53 bits per heavy atom. The van der Waals surface area contributed by atoms with Crippen LogP contribution in [0.5, 0.6) is 0 Å². The Morgan fingerprint density at radius 1 is 1.27 bits per heavy atom. The summed E-state index contributed by atoms with van der Waals surface area (Å²) in [5, 5.41) is 7.23. The molecule has 2 amide bonds. The summed E-state index contributed by atoms with van der Waals surface area (Å²) in [4.78, 5) is 24.2. The number of carbonyl (C=O) groups excluding carboxylic acids is 2. The van der Waals surface area contributed by atoms with Crippen molar-refractivity contribution < 1.29 is 14.0 Å². The molecule has 4 rings (SSSR count). The molecule has 2 saturated carbocycles. The number of fused-ring (bicyclic) bond motifs is 1. The van der Waals surface area contributed by atoms with Gasteiger partial charge in [-0.15, -0.1) is 0 Å². The summed E-state index contributed by atoms with van der Waals surface area (Å²) in [6, 6.07) is 4.01. The predicted octanol–water partition coefficient (Wildman–Crippen LogP) is 3.44. The molecule has 0 aliphatic heterocycles. The first-order chi connectivity index (χ1) is 14.2. The number of nitrogens with one attached hydrogen (secondary N) is 1. The summed E-state index contributed by atoms with van der Waals surface area (Å²) in [7, 11) is 1.71. The lowest BCUT2D eigenvalue weighted by atomic mass is 9.92. The molecule has 2 aliphatic carbocycles. The van der Waals surface area contributed by atoms with Crippen LogP contribution in [0.4, 0.5) is 15.9 Å². The van der Waals surface area contributed by atoms with E-state index >= 15 is 0 Å². The van der Waals surface area contributed by atoms with E-state index in [0.717, 1.165) is 25.7 Å². The Labute approximate surface area is 178 Å². The second kappa shape index (κ2) is 7.91. The van der Waals surface area contributed by atoms with Gasteiger partial charge >= 0.3 is 0 Å². The minimum atomic E-state index is -0.552. The average molecular weight is 434 g/mol. The van der Waals surface area contributed by atoms with Crippen LogP contribution in [-0.2, 0) is 11.8 Å². The van der Waals surface area contributed by atoms with Crippen molar-refractivity contribution in [1.82, 2.24) is 9.78 Å². The number of aromatic nitrogens is 2. The van der Waals surface area contributed by atoms with Crippen molar-refractivity contribution in [3.8, 4) is 0 Å². The SMILES string of the molecule is Cn1nc(C2CC3CC(CC(N)=O)CC3C2)c(C(=O)Nc2ccc(F)c(Cl)c2)c1N. The van der Waals surface area contributed by atoms with E-state index in [2.05, 4.69) is 10.4 Å². The van der Waals surface area contributed by atoms with Gasteiger partial charge in [-0.1, -0.05) is 11.6 Å². The molecular formula is C21H25ClFN5O2. The first-order valence-corrected chi connectivity index (χ1v) is 10.5. The van der Waals surface area contributed by atoms with E-state index in [9.17, 15) is 14.0 Å².